The molecule has 1 fully saturated rings. The molecule has 0 radical (unpaired) electrons. The standard InChI is InChI=1S/C17H30ClN3/c1-6-19-16-8-7-13(11(2)3)9-14(16)10-15-12(4)20-21(5)17(15)18/h11,13-14,16,19H,6-10H2,1-5H3. The Labute approximate surface area is 134 Å². The molecule has 4 heteroatoms. The quantitative estimate of drug-likeness (QED) is 0.891. The van der Waals surface area contributed by atoms with Crippen molar-refractivity contribution in [3.05, 3.63) is 16.4 Å². The zero-order valence-electron chi connectivity index (χ0n) is 14.1. The molecule has 1 aromatic heterocycles. The summed E-state index contributed by atoms with van der Waals surface area (Å²) in [6, 6.07) is 0.626. The van der Waals surface area contributed by atoms with E-state index in [0.717, 1.165) is 35.6 Å². The molecule has 0 aliphatic heterocycles. The normalized spacial score (nSPS) is 26.5. The van der Waals surface area contributed by atoms with Crippen molar-refractivity contribution in [1.82, 2.24) is 15.1 Å². The van der Waals surface area contributed by atoms with Gasteiger partial charge in [0, 0.05) is 18.7 Å². The summed E-state index contributed by atoms with van der Waals surface area (Å²) in [7, 11) is 1.93. The first-order valence-electron chi connectivity index (χ1n) is 8.35. The molecular formula is C17H30ClN3. The Morgan fingerprint density at radius 2 is 2.10 bits per heavy atom. The monoisotopic (exact) mass is 311 g/mol. The van der Waals surface area contributed by atoms with Gasteiger partial charge in [0.1, 0.15) is 5.15 Å². The molecule has 0 aromatic carbocycles. The van der Waals surface area contributed by atoms with Gasteiger partial charge in [-0.2, -0.15) is 5.10 Å². The average Bonchev–Trinajstić information content (AvgIpc) is 2.67. The number of hydrogen-bond acceptors (Lipinski definition) is 2. The van der Waals surface area contributed by atoms with Gasteiger partial charge >= 0.3 is 0 Å². The Kier molecular flexibility index (Phi) is 5.73. The van der Waals surface area contributed by atoms with E-state index in [1.807, 2.05) is 7.05 Å². The second-order valence-electron chi connectivity index (χ2n) is 6.92. The number of nitrogens with zero attached hydrogens (tertiary/aromatic N) is 2. The summed E-state index contributed by atoms with van der Waals surface area (Å²) in [5.74, 6) is 2.30. The number of halogens is 1. The highest BCUT2D eigenvalue weighted by Crippen LogP contribution is 2.37. The summed E-state index contributed by atoms with van der Waals surface area (Å²) in [6.45, 7) is 10.0. The Hall–Kier alpha value is -0.540. The topological polar surface area (TPSA) is 29.9 Å². The van der Waals surface area contributed by atoms with Crippen LogP contribution in [-0.4, -0.2) is 22.4 Å². The maximum Gasteiger partial charge on any atom is 0.130 e. The van der Waals surface area contributed by atoms with Crippen molar-refractivity contribution >= 4 is 11.6 Å². The van der Waals surface area contributed by atoms with Crippen LogP contribution in [0.5, 0.6) is 0 Å². The van der Waals surface area contributed by atoms with E-state index < -0.39 is 0 Å². The van der Waals surface area contributed by atoms with E-state index in [2.05, 4.69) is 38.1 Å². The van der Waals surface area contributed by atoms with E-state index in [9.17, 15) is 0 Å². The lowest BCUT2D eigenvalue weighted by molar-refractivity contribution is 0.169. The molecule has 120 valence electrons. The third kappa shape index (κ3) is 3.81. The highest BCUT2D eigenvalue weighted by Gasteiger charge is 2.32. The number of nitrogens with one attached hydrogen (secondary N) is 1. The van der Waals surface area contributed by atoms with Gasteiger partial charge in [-0.3, -0.25) is 4.68 Å². The predicted molar refractivity (Wildman–Crippen MR) is 89.8 cm³/mol. The molecule has 2 rings (SSSR count). The summed E-state index contributed by atoms with van der Waals surface area (Å²) < 4.78 is 1.80. The lowest BCUT2D eigenvalue weighted by Gasteiger charge is -2.38. The second-order valence-corrected chi connectivity index (χ2v) is 7.28. The van der Waals surface area contributed by atoms with E-state index in [1.54, 1.807) is 4.68 Å². The van der Waals surface area contributed by atoms with Crippen LogP contribution in [0, 0.1) is 24.7 Å². The molecule has 1 N–H and O–H groups in total. The lowest BCUT2D eigenvalue weighted by Crippen LogP contribution is -2.42. The van der Waals surface area contributed by atoms with Crippen molar-refractivity contribution in [2.75, 3.05) is 6.54 Å². The largest absolute Gasteiger partial charge is 0.314 e. The van der Waals surface area contributed by atoms with Crippen LogP contribution in [0.2, 0.25) is 5.15 Å². The fraction of sp³-hybridized carbons (Fsp3) is 0.824. The van der Waals surface area contributed by atoms with Crippen molar-refractivity contribution in [3.8, 4) is 0 Å². The molecular weight excluding hydrogens is 282 g/mol. The second kappa shape index (κ2) is 7.15. The van der Waals surface area contributed by atoms with Crippen LogP contribution < -0.4 is 5.32 Å². The summed E-state index contributed by atoms with van der Waals surface area (Å²) in [6.07, 6.45) is 5.00. The van der Waals surface area contributed by atoms with Crippen LogP contribution in [0.1, 0.15) is 51.3 Å². The molecule has 0 amide bonds. The Balaban J connectivity index is 2.15. The Bertz CT molecular complexity index is 467. The lowest BCUT2D eigenvalue weighted by atomic mass is 9.71. The maximum absolute atomic E-state index is 6.44. The summed E-state index contributed by atoms with van der Waals surface area (Å²) in [5, 5.41) is 8.97. The molecule has 0 bridgehead atoms. The smallest absolute Gasteiger partial charge is 0.130 e. The van der Waals surface area contributed by atoms with Crippen molar-refractivity contribution in [2.45, 2.75) is 59.4 Å². The SMILES string of the molecule is CCNC1CCC(C(C)C)CC1Cc1c(C)nn(C)c1Cl. The van der Waals surface area contributed by atoms with Crippen LogP contribution >= 0.6 is 11.6 Å². The van der Waals surface area contributed by atoms with E-state index in [-0.39, 0.29) is 0 Å². The van der Waals surface area contributed by atoms with Gasteiger partial charge < -0.3 is 5.32 Å². The molecule has 0 saturated heterocycles. The predicted octanol–water partition coefficient (Wildman–Crippen LogP) is 3.97. The first-order valence-corrected chi connectivity index (χ1v) is 8.73. The molecule has 1 aliphatic rings. The van der Waals surface area contributed by atoms with Crippen molar-refractivity contribution in [2.24, 2.45) is 24.8 Å². The molecule has 3 nitrogen and oxygen atoms in total. The zero-order chi connectivity index (χ0) is 15.6. The molecule has 1 saturated carbocycles. The maximum atomic E-state index is 6.44. The third-order valence-electron chi connectivity index (χ3n) is 5.17. The summed E-state index contributed by atoms with van der Waals surface area (Å²) in [4.78, 5) is 0. The van der Waals surface area contributed by atoms with Gasteiger partial charge in [0.05, 0.1) is 5.69 Å². The molecule has 1 aromatic rings. The van der Waals surface area contributed by atoms with Gasteiger partial charge in [-0.1, -0.05) is 32.4 Å². The first kappa shape index (κ1) is 16.8. The van der Waals surface area contributed by atoms with Gasteiger partial charge in [-0.15, -0.1) is 0 Å². The van der Waals surface area contributed by atoms with Crippen LogP contribution in [0.15, 0.2) is 0 Å². The average molecular weight is 312 g/mol. The summed E-state index contributed by atoms with van der Waals surface area (Å²) in [5.41, 5.74) is 2.33. The molecule has 1 heterocycles. The Morgan fingerprint density at radius 1 is 1.38 bits per heavy atom. The van der Waals surface area contributed by atoms with Gasteiger partial charge in [-0.05, 0) is 56.9 Å². The minimum Gasteiger partial charge on any atom is -0.314 e. The minimum absolute atomic E-state index is 0.626. The Morgan fingerprint density at radius 3 is 2.62 bits per heavy atom. The fourth-order valence-corrected chi connectivity index (χ4v) is 4.08. The van der Waals surface area contributed by atoms with Crippen LogP contribution in [-0.2, 0) is 13.5 Å². The van der Waals surface area contributed by atoms with Crippen molar-refractivity contribution in [1.29, 1.82) is 0 Å². The summed E-state index contributed by atoms with van der Waals surface area (Å²) >= 11 is 6.44. The highest BCUT2D eigenvalue weighted by atomic mass is 35.5. The number of hydrogen-bond donors (Lipinski definition) is 1. The van der Waals surface area contributed by atoms with E-state index >= 15 is 0 Å². The van der Waals surface area contributed by atoms with Gasteiger partial charge in [0.25, 0.3) is 0 Å². The van der Waals surface area contributed by atoms with Crippen LogP contribution in [0.25, 0.3) is 0 Å². The van der Waals surface area contributed by atoms with Crippen LogP contribution in [0.3, 0.4) is 0 Å². The molecule has 3 unspecified atom stereocenters. The minimum atomic E-state index is 0.626. The molecule has 3 atom stereocenters. The highest BCUT2D eigenvalue weighted by molar-refractivity contribution is 6.30. The third-order valence-corrected chi connectivity index (χ3v) is 5.64. The van der Waals surface area contributed by atoms with Crippen molar-refractivity contribution in [3.63, 3.8) is 0 Å². The van der Waals surface area contributed by atoms with Crippen molar-refractivity contribution < 1.29 is 0 Å². The number of rotatable bonds is 5. The molecule has 0 spiro atoms. The van der Waals surface area contributed by atoms with Gasteiger partial charge in [-0.25, -0.2) is 0 Å². The fourth-order valence-electron chi connectivity index (χ4n) is 3.83. The number of aryl methyl sites for hydroxylation is 2. The van der Waals surface area contributed by atoms with Crippen LogP contribution in [0.4, 0.5) is 0 Å². The van der Waals surface area contributed by atoms with Gasteiger partial charge in [0.15, 0.2) is 0 Å². The van der Waals surface area contributed by atoms with E-state index in [0.29, 0.717) is 12.0 Å². The first-order chi connectivity index (χ1) is 9.93. The zero-order valence-corrected chi connectivity index (χ0v) is 14.9. The van der Waals surface area contributed by atoms with Gasteiger partial charge in [0.2, 0.25) is 0 Å². The molecule has 21 heavy (non-hydrogen) atoms. The van der Waals surface area contributed by atoms with E-state index in [1.165, 1.54) is 24.8 Å². The number of aromatic nitrogens is 2. The molecule has 1 aliphatic carbocycles. The van der Waals surface area contributed by atoms with E-state index in [4.69, 9.17) is 11.6 Å².